The van der Waals surface area contributed by atoms with Gasteiger partial charge in [0.2, 0.25) is 0 Å². The number of hydrogen-bond acceptors (Lipinski definition) is 2. The van der Waals surface area contributed by atoms with Crippen LogP contribution in [0.1, 0.15) is 34.8 Å². The topological polar surface area (TPSA) is 29.5 Å². The Balaban J connectivity index is 1.90. The quantitative estimate of drug-likeness (QED) is 0.858. The van der Waals surface area contributed by atoms with Gasteiger partial charge in [0.15, 0.2) is 0 Å². The summed E-state index contributed by atoms with van der Waals surface area (Å²) in [6, 6.07) is 10.7. The Labute approximate surface area is 133 Å². The molecule has 0 aromatic heterocycles. The second kappa shape index (κ2) is 6.36. The van der Waals surface area contributed by atoms with Crippen molar-refractivity contribution in [3.63, 3.8) is 0 Å². The third-order valence-electron chi connectivity index (χ3n) is 4.19. The van der Waals surface area contributed by atoms with Gasteiger partial charge in [-0.05, 0) is 42.7 Å². The molecule has 1 aliphatic heterocycles. The smallest absolute Gasteiger partial charge is 0.260 e. The fourth-order valence-electron chi connectivity index (χ4n) is 3.03. The molecular formula is C18H17F2NO2. The van der Waals surface area contributed by atoms with Crippen molar-refractivity contribution in [2.45, 2.75) is 18.9 Å². The molecule has 1 saturated heterocycles. The lowest BCUT2D eigenvalue weighted by molar-refractivity contribution is 0.0725. The van der Waals surface area contributed by atoms with Crippen molar-refractivity contribution in [2.24, 2.45) is 0 Å². The zero-order valence-corrected chi connectivity index (χ0v) is 12.8. The van der Waals surface area contributed by atoms with E-state index in [9.17, 15) is 13.6 Å². The third kappa shape index (κ3) is 2.91. The van der Waals surface area contributed by atoms with E-state index in [1.165, 1.54) is 6.07 Å². The molecule has 1 fully saturated rings. The largest absolute Gasteiger partial charge is 0.497 e. The van der Waals surface area contributed by atoms with Gasteiger partial charge in [0.05, 0.1) is 13.2 Å². The fraction of sp³-hybridized carbons (Fsp3) is 0.278. The minimum Gasteiger partial charge on any atom is -0.497 e. The zero-order chi connectivity index (χ0) is 16.4. The molecule has 120 valence electrons. The first-order chi connectivity index (χ1) is 11.1. The molecule has 1 atom stereocenters. The van der Waals surface area contributed by atoms with Gasteiger partial charge in [-0.3, -0.25) is 4.79 Å². The molecule has 0 bridgehead atoms. The highest BCUT2D eigenvalue weighted by Gasteiger charge is 2.33. The summed E-state index contributed by atoms with van der Waals surface area (Å²) in [6.07, 6.45) is 1.58. The van der Waals surface area contributed by atoms with Crippen LogP contribution in [0.3, 0.4) is 0 Å². The Bertz CT molecular complexity index is 695. The highest BCUT2D eigenvalue weighted by Crippen LogP contribution is 2.34. The molecule has 0 spiro atoms. The minimum atomic E-state index is -0.824. The Kier molecular flexibility index (Phi) is 4.28. The normalized spacial score (nSPS) is 17.3. The van der Waals surface area contributed by atoms with Gasteiger partial charge in [-0.25, -0.2) is 8.78 Å². The van der Waals surface area contributed by atoms with Crippen LogP contribution >= 0.6 is 0 Å². The summed E-state index contributed by atoms with van der Waals surface area (Å²) in [5.41, 5.74) is 0.460. The van der Waals surface area contributed by atoms with Crippen molar-refractivity contribution in [2.75, 3.05) is 13.7 Å². The lowest BCUT2D eigenvalue weighted by Gasteiger charge is -2.25. The molecule has 0 aliphatic carbocycles. The van der Waals surface area contributed by atoms with Gasteiger partial charge < -0.3 is 9.64 Å². The van der Waals surface area contributed by atoms with Gasteiger partial charge in [0.1, 0.15) is 22.9 Å². The van der Waals surface area contributed by atoms with Crippen LogP contribution in [0.5, 0.6) is 5.75 Å². The molecule has 1 heterocycles. The van der Waals surface area contributed by atoms with Crippen LogP contribution in [0.25, 0.3) is 0 Å². The van der Waals surface area contributed by atoms with E-state index in [2.05, 4.69) is 0 Å². The molecule has 1 aliphatic rings. The summed E-state index contributed by atoms with van der Waals surface area (Å²) in [6.45, 7) is 0.489. The fourth-order valence-corrected chi connectivity index (χ4v) is 3.03. The van der Waals surface area contributed by atoms with E-state index in [0.29, 0.717) is 6.54 Å². The lowest BCUT2D eigenvalue weighted by atomic mass is 10.0. The van der Waals surface area contributed by atoms with Gasteiger partial charge in [-0.2, -0.15) is 0 Å². The van der Waals surface area contributed by atoms with Gasteiger partial charge in [-0.1, -0.05) is 18.2 Å². The molecule has 1 amide bonds. The summed E-state index contributed by atoms with van der Waals surface area (Å²) in [7, 11) is 1.58. The highest BCUT2D eigenvalue weighted by atomic mass is 19.1. The standard InChI is InChI=1S/C18H17F2NO2/c1-23-13-9-7-12(8-10-13)16-6-3-11-21(16)18(22)17-14(19)4-2-5-15(17)20/h2,4-5,7-10,16H,3,6,11H2,1H3. The van der Waals surface area contributed by atoms with E-state index < -0.39 is 23.1 Å². The van der Waals surface area contributed by atoms with Gasteiger partial charge in [0, 0.05) is 6.54 Å². The Hall–Kier alpha value is -2.43. The number of methoxy groups -OCH3 is 1. The molecule has 0 radical (unpaired) electrons. The van der Waals surface area contributed by atoms with Crippen molar-refractivity contribution < 1.29 is 18.3 Å². The number of amides is 1. The van der Waals surface area contributed by atoms with Crippen molar-refractivity contribution in [3.05, 3.63) is 65.2 Å². The average Bonchev–Trinajstić information content (AvgIpc) is 3.04. The van der Waals surface area contributed by atoms with Crippen LogP contribution in [-0.4, -0.2) is 24.5 Å². The van der Waals surface area contributed by atoms with Crippen molar-refractivity contribution in [1.82, 2.24) is 4.90 Å². The molecule has 0 saturated carbocycles. The number of carbonyl (C=O) groups is 1. The average molecular weight is 317 g/mol. The summed E-state index contributed by atoms with van der Waals surface area (Å²) in [5.74, 6) is -1.52. The molecule has 23 heavy (non-hydrogen) atoms. The maximum Gasteiger partial charge on any atom is 0.260 e. The Morgan fingerprint density at radius 2 is 1.78 bits per heavy atom. The number of carbonyl (C=O) groups excluding carboxylic acids is 1. The first-order valence-electron chi connectivity index (χ1n) is 7.50. The van der Waals surface area contributed by atoms with Crippen molar-refractivity contribution in [3.8, 4) is 5.75 Å². The monoisotopic (exact) mass is 317 g/mol. The molecule has 3 rings (SSSR count). The molecule has 5 heteroatoms. The van der Waals surface area contributed by atoms with Crippen LogP contribution in [0.15, 0.2) is 42.5 Å². The molecule has 1 unspecified atom stereocenters. The second-order valence-corrected chi connectivity index (χ2v) is 5.53. The molecule has 2 aromatic rings. The molecule has 2 aromatic carbocycles. The zero-order valence-electron chi connectivity index (χ0n) is 12.8. The second-order valence-electron chi connectivity index (χ2n) is 5.53. The van der Waals surface area contributed by atoms with Gasteiger partial charge in [-0.15, -0.1) is 0 Å². The number of hydrogen-bond donors (Lipinski definition) is 0. The van der Waals surface area contributed by atoms with Crippen LogP contribution in [0.4, 0.5) is 8.78 Å². The van der Waals surface area contributed by atoms with Crippen molar-refractivity contribution in [1.29, 1.82) is 0 Å². The van der Waals surface area contributed by atoms with Crippen LogP contribution in [-0.2, 0) is 0 Å². The van der Waals surface area contributed by atoms with Crippen LogP contribution in [0.2, 0.25) is 0 Å². The predicted molar refractivity (Wildman–Crippen MR) is 82.4 cm³/mol. The Morgan fingerprint density at radius 1 is 1.13 bits per heavy atom. The molecule has 3 nitrogen and oxygen atoms in total. The number of nitrogens with zero attached hydrogens (tertiary/aromatic N) is 1. The van der Waals surface area contributed by atoms with E-state index in [0.717, 1.165) is 36.3 Å². The number of benzene rings is 2. The number of halogens is 2. The highest BCUT2D eigenvalue weighted by molar-refractivity contribution is 5.95. The SMILES string of the molecule is COc1ccc(C2CCCN2C(=O)c2c(F)cccc2F)cc1. The first kappa shape index (κ1) is 15.5. The number of ether oxygens (including phenoxy) is 1. The summed E-state index contributed by atoms with van der Waals surface area (Å²) < 4.78 is 32.9. The maximum atomic E-state index is 13.9. The summed E-state index contributed by atoms with van der Waals surface area (Å²) in [5, 5.41) is 0. The van der Waals surface area contributed by atoms with E-state index in [1.807, 2.05) is 24.3 Å². The van der Waals surface area contributed by atoms with Gasteiger partial charge >= 0.3 is 0 Å². The molecular weight excluding hydrogens is 300 g/mol. The predicted octanol–water partition coefficient (Wildman–Crippen LogP) is 3.95. The van der Waals surface area contributed by atoms with Crippen LogP contribution < -0.4 is 4.74 Å². The van der Waals surface area contributed by atoms with Crippen LogP contribution in [0, 0.1) is 11.6 Å². The van der Waals surface area contributed by atoms with Gasteiger partial charge in [0.25, 0.3) is 5.91 Å². The minimum absolute atomic E-state index is 0.174. The lowest BCUT2D eigenvalue weighted by Crippen LogP contribution is -2.32. The van der Waals surface area contributed by atoms with Crippen molar-refractivity contribution >= 4 is 5.91 Å². The number of rotatable bonds is 3. The van der Waals surface area contributed by atoms with E-state index in [-0.39, 0.29) is 6.04 Å². The maximum absolute atomic E-state index is 13.9. The van der Waals surface area contributed by atoms with E-state index >= 15 is 0 Å². The van der Waals surface area contributed by atoms with E-state index in [4.69, 9.17) is 4.74 Å². The summed E-state index contributed by atoms with van der Waals surface area (Å²) in [4.78, 5) is 14.2. The number of likely N-dealkylation sites (tertiary alicyclic amines) is 1. The van der Waals surface area contributed by atoms with E-state index in [1.54, 1.807) is 12.0 Å². The molecule has 0 N–H and O–H groups in total. The third-order valence-corrected chi connectivity index (χ3v) is 4.19. The summed E-state index contributed by atoms with van der Waals surface area (Å²) >= 11 is 0. The Morgan fingerprint density at radius 3 is 2.39 bits per heavy atom. The first-order valence-corrected chi connectivity index (χ1v) is 7.50.